The minimum atomic E-state index is 0.547. The van der Waals surface area contributed by atoms with Gasteiger partial charge in [-0.1, -0.05) is 49.4 Å². The first kappa shape index (κ1) is 10.8. The smallest absolute Gasteiger partial charge is 0.0354 e. The third kappa shape index (κ3) is 2.07. The van der Waals surface area contributed by atoms with E-state index in [-0.39, 0.29) is 0 Å². The Morgan fingerprint density at radius 3 is 2.65 bits per heavy atom. The fourth-order valence-electron chi connectivity index (χ4n) is 2.70. The Labute approximate surface area is 103 Å². The van der Waals surface area contributed by atoms with Gasteiger partial charge in [0.15, 0.2) is 0 Å². The summed E-state index contributed by atoms with van der Waals surface area (Å²) in [6, 6.07) is 15.9. The molecule has 1 N–H and O–H groups in total. The molecular weight excluding hydrogens is 206 g/mol. The lowest BCUT2D eigenvalue weighted by atomic mass is 9.96. The van der Waals surface area contributed by atoms with E-state index in [0.29, 0.717) is 6.04 Å². The van der Waals surface area contributed by atoms with Crippen LogP contribution in [-0.2, 0) is 0 Å². The van der Waals surface area contributed by atoms with Crippen LogP contribution in [0.15, 0.2) is 42.5 Å². The van der Waals surface area contributed by atoms with Crippen molar-refractivity contribution in [1.29, 1.82) is 0 Å². The molecule has 0 saturated heterocycles. The zero-order valence-corrected chi connectivity index (χ0v) is 10.3. The summed E-state index contributed by atoms with van der Waals surface area (Å²) in [4.78, 5) is 0. The molecule has 1 saturated carbocycles. The number of hydrogen-bond acceptors (Lipinski definition) is 1. The topological polar surface area (TPSA) is 12.0 Å². The van der Waals surface area contributed by atoms with Crippen LogP contribution in [-0.4, -0.2) is 6.54 Å². The molecule has 3 rings (SSSR count). The molecule has 1 nitrogen and oxygen atoms in total. The first-order valence-electron chi connectivity index (χ1n) is 6.61. The molecule has 88 valence electrons. The van der Waals surface area contributed by atoms with Crippen LogP contribution in [0.25, 0.3) is 10.8 Å². The third-order valence-electron chi connectivity index (χ3n) is 3.68. The van der Waals surface area contributed by atoms with Crippen LogP contribution in [0.1, 0.15) is 31.4 Å². The molecule has 1 aliphatic carbocycles. The summed E-state index contributed by atoms with van der Waals surface area (Å²) < 4.78 is 0. The first-order valence-corrected chi connectivity index (χ1v) is 6.61. The zero-order chi connectivity index (χ0) is 11.7. The number of nitrogens with one attached hydrogen (secondary N) is 1. The van der Waals surface area contributed by atoms with Gasteiger partial charge in [0, 0.05) is 6.04 Å². The third-order valence-corrected chi connectivity index (χ3v) is 3.68. The number of rotatable bonds is 4. The van der Waals surface area contributed by atoms with E-state index in [2.05, 4.69) is 54.7 Å². The van der Waals surface area contributed by atoms with Crippen LogP contribution in [0.4, 0.5) is 0 Å². The van der Waals surface area contributed by atoms with Crippen molar-refractivity contribution in [3.63, 3.8) is 0 Å². The van der Waals surface area contributed by atoms with Crippen molar-refractivity contribution in [3.8, 4) is 0 Å². The Balaban J connectivity index is 2.08. The molecule has 0 aromatic heterocycles. The second-order valence-corrected chi connectivity index (χ2v) is 4.94. The van der Waals surface area contributed by atoms with E-state index in [1.807, 2.05) is 0 Å². The van der Waals surface area contributed by atoms with E-state index in [0.717, 1.165) is 12.5 Å². The highest BCUT2D eigenvalue weighted by Crippen LogP contribution is 2.42. The monoisotopic (exact) mass is 225 g/mol. The second kappa shape index (κ2) is 4.50. The number of hydrogen-bond donors (Lipinski definition) is 1. The van der Waals surface area contributed by atoms with Crippen LogP contribution in [0.3, 0.4) is 0 Å². The van der Waals surface area contributed by atoms with Crippen LogP contribution in [0.5, 0.6) is 0 Å². The van der Waals surface area contributed by atoms with Gasteiger partial charge in [-0.05, 0) is 41.6 Å². The van der Waals surface area contributed by atoms with Gasteiger partial charge in [0.1, 0.15) is 0 Å². The largest absolute Gasteiger partial charge is 0.310 e. The van der Waals surface area contributed by atoms with Crippen molar-refractivity contribution < 1.29 is 0 Å². The van der Waals surface area contributed by atoms with Crippen LogP contribution in [0.2, 0.25) is 0 Å². The van der Waals surface area contributed by atoms with Crippen molar-refractivity contribution in [1.82, 2.24) is 5.32 Å². The molecule has 1 aliphatic rings. The predicted octanol–water partition coefficient (Wildman–Crippen LogP) is 3.90. The summed E-state index contributed by atoms with van der Waals surface area (Å²) >= 11 is 0. The van der Waals surface area contributed by atoms with Gasteiger partial charge >= 0.3 is 0 Å². The zero-order valence-electron chi connectivity index (χ0n) is 10.3. The maximum absolute atomic E-state index is 3.65. The Morgan fingerprint density at radius 2 is 1.88 bits per heavy atom. The molecule has 2 aromatic rings. The highest BCUT2D eigenvalue weighted by Gasteiger charge is 2.32. The van der Waals surface area contributed by atoms with E-state index >= 15 is 0 Å². The number of benzene rings is 2. The van der Waals surface area contributed by atoms with E-state index in [4.69, 9.17) is 0 Å². The summed E-state index contributed by atoms with van der Waals surface area (Å²) in [5.74, 6) is 0.848. The van der Waals surface area contributed by atoms with E-state index < -0.39 is 0 Å². The number of fused-ring (bicyclic) bond motifs is 1. The molecule has 0 aliphatic heterocycles. The summed E-state index contributed by atoms with van der Waals surface area (Å²) in [5, 5.41) is 6.42. The molecule has 1 fully saturated rings. The Hall–Kier alpha value is -1.34. The quantitative estimate of drug-likeness (QED) is 0.832. The Bertz CT molecular complexity index is 508. The van der Waals surface area contributed by atoms with Crippen molar-refractivity contribution >= 4 is 10.8 Å². The van der Waals surface area contributed by atoms with Gasteiger partial charge in [0.05, 0.1) is 0 Å². The van der Waals surface area contributed by atoms with Crippen molar-refractivity contribution in [2.45, 2.75) is 25.8 Å². The minimum absolute atomic E-state index is 0.547. The molecule has 1 unspecified atom stereocenters. The molecule has 0 amide bonds. The molecule has 1 atom stereocenters. The average molecular weight is 225 g/mol. The van der Waals surface area contributed by atoms with Gasteiger partial charge in [0.25, 0.3) is 0 Å². The maximum atomic E-state index is 3.65. The van der Waals surface area contributed by atoms with Gasteiger partial charge in [0.2, 0.25) is 0 Å². The fourth-order valence-corrected chi connectivity index (χ4v) is 2.70. The molecule has 0 spiro atoms. The molecule has 0 bridgehead atoms. The van der Waals surface area contributed by atoms with E-state index in [1.165, 1.54) is 29.2 Å². The average Bonchev–Trinajstić information content (AvgIpc) is 3.20. The standard InChI is InChI=1S/C16H19N/c1-2-17-16(13-10-11-13)15-9-5-7-12-6-3-4-8-14(12)15/h3-9,13,16-17H,2,10-11H2,1H3. The summed E-state index contributed by atoms with van der Waals surface area (Å²) in [5.41, 5.74) is 1.48. The van der Waals surface area contributed by atoms with Crippen molar-refractivity contribution in [3.05, 3.63) is 48.0 Å². The molecule has 0 radical (unpaired) electrons. The maximum Gasteiger partial charge on any atom is 0.0354 e. The fraction of sp³-hybridized carbons (Fsp3) is 0.375. The second-order valence-electron chi connectivity index (χ2n) is 4.94. The van der Waals surface area contributed by atoms with Gasteiger partial charge in [-0.25, -0.2) is 0 Å². The van der Waals surface area contributed by atoms with Crippen molar-refractivity contribution in [2.24, 2.45) is 5.92 Å². The van der Waals surface area contributed by atoms with Gasteiger partial charge in [-0.3, -0.25) is 0 Å². The lowest BCUT2D eigenvalue weighted by Crippen LogP contribution is -2.22. The van der Waals surface area contributed by atoms with E-state index in [1.54, 1.807) is 0 Å². The molecule has 1 heteroatoms. The lowest BCUT2D eigenvalue weighted by molar-refractivity contribution is 0.499. The van der Waals surface area contributed by atoms with Gasteiger partial charge in [-0.2, -0.15) is 0 Å². The van der Waals surface area contributed by atoms with Crippen LogP contribution >= 0.6 is 0 Å². The molecule has 17 heavy (non-hydrogen) atoms. The summed E-state index contributed by atoms with van der Waals surface area (Å²) in [6.07, 6.45) is 2.75. The van der Waals surface area contributed by atoms with Crippen molar-refractivity contribution in [2.75, 3.05) is 6.54 Å². The minimum Gasteiger partial charge on any atom is -0.310 e. The summed E-state index contributed by atoms with van der Waals surface area (Å²) in [7, 11) is 0. The van der Waals surface area contributed by atoms with Gasteiger partial charge < -0.3 is 5.32 Å². The Kier molecular flexibility index (Phi) is 2.86. The normalized spacial score (nSPS) is 17.2. The predicted molar refractivity (Wildman–Crippen MR) is 73.1 cm³/mol. The van der Waals surface area contributed by atoms with Crippen LogP contribution < -0.4 is 5.32 Å². The highest BCUT2D eigenvalue weighted by molar-refractivity contribution is 5.86. The SMILES string of the molecule is CCNC(c1cccc2ccccc12)C1CC1. The molecule has 0 heterocycles. The molecule has 2 aromatic carbocycles. The Morgan fingerprint density at radius 1 is 1.12 bits per heavy atom. The molecular formula is C16H19N. The van der Waals surface area contributed by atoms with Gasteiger partial charge in [-0.15, -0.1) is 0 Å². The van der Waals surface area contributed by atoms with E-state index in [9.17, 15) is 0 Å². The first-order chi connectivity index (χ1) is 8.40. The highest BCUT2D eigenvalue weighted by atomic mass is 14.9. The van der Waals surface area contributed by atoms with Crippen LogP contribution in [0, 0.1) is 5.92 Å². The lowest BCUT2D eigenvalue weighted by Gasteiger charge is -2.19. The summed E-state index contributed by atoms with van der Waals surface area (Å²) in [6.45, 7) is 3.24.